The smallest absolute Gasteiger partial charge is 0.296 e. The van der Waals surface area contributed by atoms with Gasteiger partial charge in [-0.05, 0) is 41.0 Å². The summed E-state index contributed by atoms with van der Waals surface area (Å²) in [6.45, 7) is 0. The van der Waals surface area contributed by atoms with Crippen LogP contribution in [0.1, 0.15) is 28.1 Å². The molecule has 5 aromatic rings. The third kappa shape index (κ3) is 2.35. The Labute approximate surface area is 214 Å². The van der Waals surface area contributed by atoms with Gasteiger partial charge in [0, 0.05) is 28.8 Å². The van der Waals surface area contributed by atoms with Crippen LogP contribution in [-0.4, -0.2) is 26.3 Å². The molecule has 0 aliphatic carbocycles. The number of benzene rings is 3. The second-order valence-electron chi connectivity index (χ2n) is 9.99. The molecule has 4 aliphatic heterocycles. The Morgan fingerprint density at radius 1 is 0.459 bits per heavy atom. The van der Waals surface area contributed by atoms with Crippen molar-refractivity contribution < 1.29 is 4.49 Å². The van der Waals surface area contributed by atoms with Gasteiger partial charge >= 0.3 is 7.12 Å². The van der Waals surface area contributed by atoms with E-state index in [0.717, 1.165) is 0 Å². The molecule has 0 bridgehead atoms. The molecule has 4 aliphatic rings. The summed E-state index contributed by atoms with van der Waals surface area (Å²) in [7, 11) is 0.0346. The summed E-state index contributed by atoms with van der Waals surface area (Å²) in [5.41, 5.74) is 12.7. The molecule has 0 radical (unpaired) electrons. The second kappa shape index (κ2) is 6.89. The topological polar surface area (TPSA) is 12.9 Å². The first-order valence-corrected chi connectivity index (χ1v) is 12.8. The van der Waals surface area contributed by atoms with Gasteiger partial charge in [-0.1, -0.05) is 91.0 Å². The fourth-order valence-corrected chi connectivity index (χ4v) is 6.76. The Bertz CT molecular complexity index is 2000. The molecule has 4 heteroatoms. The zero-order chi connectivity index (χ0) is 24.1. The summed E-state index contributed by atoms with van der Waals surface area (Å²) in [4.78, 5) is 0. The normalized spacial score (nSPS) is 16.2. The van der Waals surface area contributed by atoms with Crippen LogP contribution in [0.4, 0.5) is 0 Å². The van der Waals surface area contributed by atoms with E-state index in [4.69, 9.17) is 0 Å². The minimum absolute atomic E-state index is 0.0346. The number of allylic oxidation sites excluding steroid dienone is 2. The Kier molecular flexibility index (Phi) is 3.61. The van der Waals surface area contributed by atoms with Gasteiger partial charge in [0.1, 0.15) is 0 Å². The number of nitrogens with zero attached hydrogens (tertiary/aromatic N) is 3. The zero-order valence-corrected chi connectivity index (χ0v) is 20.0. The van der Waals surface area contributed by atoms with E-state index in [9.17, 15) is 0 Å². The summed E-state index contributed by atoms with van der Waals surface area (Å²) >= 11 is 0. The lowest BCUT2D eigenvalue weighted by molar-refractivity contribution is -0.326. The molecule has 170 valence electrons. The number of hydrogen-bond donors (Lipinski definition) is 0. The lowest BCUT2D eigenvalue weighted by Crippen LogP contribution is -2.61. The average molecular weight is 470 g/mol. The SMILES string of the molecule is C1=CC2=[N+]3B4n5c(ccc5C(c5ccccc5)=c5ccc(n54)=C2c2ccccc2)C(c2ccccc2)=C13. The summed E-state index contributed by atoms with van der Waals surface area (Å²) in [6, 6.07) is 41.8. The molecule has 0 amide bonds. The van der Waals surface area contributed by atoms with E-state index in [-0.39, 0.29) is 7.12 Å². The van der Waals surface area contributed by atoms with Crippen molar-refractivity contribution in [3.8, 4) is 0 Å². The molecule has 0 saturated heterocycles. The largest absolute Gasteiger partial charge is 0.762 e. The summed E-state index contributed by atoms with van der Waals surface area (Å²) in [5.74, 6) is 0. The monoisotopic (exact) mass is 470 g/mol. The van der Waals surface area contributed by atoms with E-state index in [0.29, 0.717) is 0 Å². The van der Waals surface area contributed by atoms with Crippen molar-refractivity contribution in [3.63, 3.8) is 0 Å². The van der Waals surface area contributed by atoms with Crippen LogP contribution in [0.5, 0.6) is 0 Å². The fraction of sp³-hybridized carbons (Fsp3) is 0. The highest BCUT2D eigenvalue weighted by Gasteiger charge is 2.56. The Morgan fingerprint density at radius 2 is 0.973 bits per heavy atom. The Hall–Kier alpha value is -4.83. The Morgan fingerprint density at radius 3 is 1.59 bits per heavy atom. The van der Waals surface area contributed by atoms with Crippen molar-refractivity contribution in [2.45, 2.75) is 0 Å². The minimum Gasteiger partial charge on any atom is -0.296 e. The van der Waals surface area contributed by atoms with Crippen molar-refractivity contribution in [3.05, 3.63) is 172 Å². The van der Waals surface area contributed by atoms with E-state index < -0.39 is 0 Å². The van der Waals surface area contributed by atoms with Crippen LogP contribution in [0, 0.1) is 0 Å². The van der Waals surface area contributed by atoms with Crippen molar-refractivity contribution in [2.24, 2.45) is 0 Å². The van der Waals surface area contributed by atoms with Gasteiger partial charge in [-0.15, -0.1) is 0 Å². The molecule has 0 fully saturated rings. The molecular formula is C33H21BN3+. The van der Waals surface area contributed by atoms with Gasteiger partial charge in [0.2, 0.25) is 0 Å². The van der Waals surface area contributed by atoms with Crippen LogP contribution in [0.2, 0.25) is 0 Å². The summed E-state index contributed by atoms with van der Waals surface area (Å²) < 4.78 is 7.66. The maximum atomic E-state index is 2.55. The number of hydrogen-bond acceptors (Lipinski definition) is 0. The van der Waals surface area contributed by atoms with Gasteiger partial charge in [0.25, 0.3) is 0 Å². The van der Waals surface area contributed by atoms with Crippen molar-refractivity contribution in [1.29, 1.82) is 0 Å². The third-order valence-corrected chi connectivity index (χ3v) is 8.17. The van der Waals surface area contributed by atoms with E-state index in [2.05, 4.69) is 141 Å². The van der Waals surface area contributed by atoms with Crippen LogP contribution in [0.3, 0.4) is 0 Å². The van der Waals surface area contributed by atoms with Crippen LogP contribution >= 0.6 is 0 Å². The molecular weight excluding hydrogens is 449 g/mol. The first-order valence-electron chi connectivity index (χ1n) is 12.8. The number of aromatic nitrogens is 2. The maximum absolute atomic E-state index is 2.55. The molecule has 3 nitrogen and oxygen atoms in total. The molecule has 0 spiro atoms. The molecule has 0 N–H and O–H groups in total. The van der Waals surface area contributed by atoms with E-state index >= 15 is 0 Å². The predicted molar refractivity (Wildman–Crippen MR) is 149 cm³/mol. The van der Waals surface area contributed by atoms with Gasteiger partial charge in [-0.25, -0.2) is 4.49 Å². The van der Waals surface area contributed by atoms with Gasteiger partial charge in [-0.2, -0.15) is 0 Å². The highest BCUT2D eigenvalue weighted by Crippen LogP contribution is 2.40. The zero-order valence-electron chi connectivity index (χ0n) is 20.0. The standard InChI is InChI=1S/C33H21BN3/c1-4-10-22(11-5-1)31-25-16-18-27-32(23-12-6-2-7-13-23)29-20-21-30-33(24-14-8-3-9-15-24)28-19-17-26(31)36(28)34(35(25)27)37(29)30/h1-21H/q+1. The molecule has 3 aromatic carbocycles. The van der Waals surface area contributed by atoms with Crippen LogP contribution < -0.4 is 10.7 Å². The van der Waals surface area contributed by atoms with Crippen LogP contribution in [-0.2, 0) is 0 Å². The minimum atomic E-state index is 0.0346. The van der Waals surface area contributed by atoms with Gasteiger partial charge in [-0.3, -0.25) is 8.96 Å². The predicted octanol–water partition coefficient (Wildman–Crippen LogP) is 4.24. The quantitative estimate of drug-likeness (QED) is 0.350. The average Bonchev–Trinajstić information content (AvgIpc) is 3.71. The first-order chi connectivity index (χ1) is 18.4. The lowest BCUT2D eigenvalue weighted by atomic mass is 9.78. The van der Waals surface area contributed by atoms with E-state index in [1.54, 1.807) is 0 Å². The number of rotatable bonds is 3. The van der Waals surface area contributed by atoms with Crippen molar-refractivity contribution >= 4 is 29.5 Å². The fourth-order valence-electron chi connectivity index (χ4n) is 6.76. The molecule has 0 saturated carbocycles. The molecule has 37 heavy (non-hydrogen) atoms. The highest BCUT2D eigenvalue weighted by molar-refractivity contribution is 6.53. The van der Waals surface area contributed by atoms with E-state index in [1.165, 1.54) is 66.9 Å². The first kappa shape index (κ1) is 19.4. The summed E-state index contributed by atoms with van der Waals surface area (Å²) in [6.07, 6.45) is 4.64. The van der Waals surface area contributed by atoms with Crippen LogP contribution in [0.15, 0.2) is 133 Å². The van der Waals surface area contributed by atoms with Gasteiger partial charge in [0.05, 0.1) is 22.2 Å². The molecule has 9 rings (SSSR count). The van der Waals surface area contributed by atoms with Gasteiger partial charge < -0.3 is 0 Å². The lowest BCUT2D eigenvalue weighted by Gasteiger charge is -2.31. The van der Waals surface area contributed by atoms with E-state index in [1.807, 2.05) is 0 Å². The third-order valence-electron chi connectivity index (χ3n) is 8.17. The highest BCUT2D eigenvalue weighted by atomic mass is 15.3. The molecule has 2 aromatic heterocycles. The van der Waals surface area contributed by atoms with Crippen molar-refractivity contribution in [1.82, 2.24) is 8.96 Å². The summed E-state index contributed by atoms with van der Waals surface area (Å²) in [5, 5.41) is 2.54. The second-order valence-corrected chi connectivity index (χ2v) is 9.99. The molecule has 0 unspecified atom stereocenters. The Balaban J connectivity index is 1.50. The van der Waals surface area contributed by atoms with Gasteiger partial charge in [0.15, 0.2) is 11.4 Å². The molecule has 6 heterocycles. The molecule has 0 atom stereocenters. The maximum Gasteiger partial charge on any atom is 0.762 e. The van der Waals surface area contributed by atoms with Crippen molar-refractivity contribution in [2.75, 3.05) is 0 Å². The van der Waals surface area contributed by atoms with Crippen LogP contribution in [0.25, 0.3) is 16.7 Å².